The largest absolute Gasteiger partial charge is 0.350 e. The lowest BCUT2D eigenvalue weighted by atomic mass is 10.1. The first-order valence-electron chi connectivity index (χ1n) is 7.04. The molecule has 0 aromatic heterocycles. The Bertz CT molecular complexity index is 517. The number of benzene rings is 1. The summed E-state index contributed by atoms with van der Waals surface area (Å²) in [5, 5.41) is 1.61. The van der Waals surface area contributed by atoms with Crippen LogP contribution in [0.3, 0.4) is 0 Å². The zero-order valence-electron chi connectivity index (χ0n) is 12.5. The molecule has 2 rings (SSSR count). The van der Waals surface area contributed by atoms with Gasteiger partial charge in [0.05, 0.1) is 13.2 Å². The molecule has 0 aliphatic carbocycles. The molecule has 21 heavy (non-hydrogen) atoms. The van der Waals surface area contributed by atoms with Crippen LogP contribution in [0.5, 0.6) is 0 Å². The minimum Gasteiger partial charge on any atom is -0.308 e. The maximum absolute atomic E-state index is 12.9. The van der Waals surface area contributed by atoms with E-state index in [2.05, 4.69) is 15.9 Å². The summed E-state index contributed by atoms with van der Waals surface area (Å²) >= 11 is 3.46. The number of hydrogen-bond donors (Lipinski definition) is 0. The minimum atomic E-state index is -3.20. The van der Waals surface area contributed by atoms with Crippen molar-refractivity contribution in [3.05, 3.63) is 34.3 Å². The summed E-state index contributed by atoms with van der Waals surface area (Å²) in [7, 11) is -1.43. The second-order valence-corrected chi connectivity index (χ2v) is 7.89. The maximum atomic E-state index is 12.9. The molecule has 5 nitrogen and oxygen atoms in total. The summed E-state index contributed by atoms with van der Waals surface area (Å²) in [5.41, 5.74) is 1.04. The molecule has 1 aromatic carbocycles. The Kier molecular flexibility index (Phi) is 6.00. The Labute approximate surface area is 134 Å². The van der Waals surface area contributed by atoms with E-state index in [4.69, 9.17) is 13.9 Å². The molecule has 0 spiro atoms. The van der Waals surface area contributed by atoms with Crippen molar-refractivity contribution >= 4 is 23.5 Å². The summed E-state index contributed by atoms with van der Waals surface area (Å²) in [5.74, 6) is -0.388. The van der Waals surface area contributed by atoms with E-state index in [1.54, 1.807) is 12.1 Å². The molecule has 1 saturated heterocycles. The van der Waals surface area contributed by atoms with E-state index in [1.165, 1.54) is 0 Å². The summed E-state index contributed by atoms with van der Waals surface area (Å²) < 4.78 is 24.8. The zero-order valence-corrected chi connectivity index (χ0v) is 15.0. The first-order chi connectivity index (χ1) is 10.00. The predicted molar refractivity (Wildman–Crippen MR) is 85.0 cm³/mol. The molecule has 118 valence electrons. The number of hydroxylamine groups is 2. The highest BCUT2D eigenvalue weighted by atomic mass is 79.9. The van der Waals surface area contributed by atoms with E-state index < -0.39 is 7.60 Å². The molecule has 1 fully saturated rings. The minimum absolute atomic E-state index is 0.147. The van der Waals surface area contributed by atoms with Gasteiger partial charge in [0, 0.05) is 17.9 Å². The van der Waals surface area contributed by atoms with E-state index in [0.29, 0.717) is 19.6 Å². The van der Waals surface area contributed by atoms with Gasteiger partial charge < -0.3 is 9.05 Å². The van der Waals surface area contributed by atoms with Gasteiger partial charge in [0.25, 0.3) is 0 Å². The van der Waals surface area contributed by atoms with E-state index >= 15 is 0 Å². The Morgan fingerprint density at radius 2 is 2.05 bits per heavy atom. The van der Waals surface area contributed by atoms with Gasteiger partial charge in [-0.25, -0.2) is 0 Å². The number of rotatable bonds is 6. The highest BCUT2D eigenvalue weighted by Gasteiger charge is 2.46. The molecule has 1 aliphatic rings. The predicted octanol–water partition coefficient (Wildman–Crippen LogP) is 4.35. The fourth-order valence-corrected chi connectivity index (χ4v) is 4.91. The van der Waals surface area contributed by atoms with Crippen molar-refractivity contribution < 1.29 is 18.5 Å². The van der Waals surface area contributed by atoms with Crippen molar-refractivity contribution in [1.29, 1.82) is 0 Å². The molecule has 0 N–H and O–H groups in total. The molecule has 0 radical (unpaired) electrons. The van der Waals surface area contributed by atoms with Crippen LogP contribution in [-0.2, 0) is 18.5 Å². The third-order valence-electron chi connectivity index (χ3n) is 3.34. The fraction of sp³-hybridized carbons (Fsp3) is 0.571. The van der Waals surface area contributed by atoms with Crippen LogP contribution in [0.25, 0.3) is 0 Å². The van der Waals surface area contributed by atoms with Gasteiger partial charge in [0.2, 0.25) is 0 Å². The second kappa shape index (κ2) is 7.36. The molecule has 0 unspecified atom stereocenters. The Morgan fingerprint density at radius 1 is 1.38 bits per heavy atom. The maximum Gasteiger partial charge on any atom is 0.350 e. The highest BCUT2D eigenvalue weighted by Crippen LogP contribution is 2.59. The van der Waals surface area contributed by atoms with Crippen molar-refractivity contribution in [2.45, 2.75) is 32.2 Å². The van der Waals surface area contributed by atoms with Gasteiger partial charge in [-0.1, -0.05) is 28.1 Å². The number of hydrogen-bond acceptors (Lipinski definition) is 5. The average Bonchev–Trinajstić information content (AvgIpc) is 2.82. The van der Waals surface area contributed by atoms with Crippen LogP contribution in [-0.4, -0.2) is 31.1 Å². The van der Waals surface area contributed by atoms with Gasteiger partial charge in [0.15, 0.2) is 0 Å². The van der Waals surface area contributed by atoms with Crippen LogP contribution in [0.2, 0.25) is 0 Å². The molecular formula is C14H21BrNO4P. The SMILES string of the molecule is CCOP(=O)(OCC)[C@H]1C[C@H](c2cccc(Br)c2)ON1C. The lowest BCUT2D eigenvalue weighted by molar-refractivity contribution is -0.137. The van der Waals surface area contributed by atoms with E-state index in [-0.39, 0.29) is 11.9 Å². The summed E-state index contributed by atoms with van der Waals surface area (Å²) in [4.78, 5) is 5.83. The molecule has 1 heterocycles. The Balaban J connectivity index is 2.18. The average molecular weight is 378 g/mol. The quantitative estimate of drug-likeness (QED) is 0.689. The standard InChI is InChI=1S/C14H21BrNO4P/c1-4-18-21(17,19-5-2)14-10-13(20-16(14)3)11-7-6-8-12(15)9-11/h6-9,13-14H,4-5,10H2,1-3H3/t13-,14+/m1/s1. The van der Waals surface area contributed by atoms with Gasteiger partial charge in [-0.15, -0.1) is 0 Å². The highest BCUT2D eigenvalue weighted by molar-refractivity contribution is 9.10. The van der Waals surface area contributed by atoms with Crippen LogP contribution in [0.1, 0.15) is 31.9 Å². The van der Waals surface area contributed by atoms with E-state index in [0.717, 1.165) is 10.0 Å². The van der Waals surface area contributed by atoms with Crippen molar-refractivity contribution in [2.24, 2.45) is 0 Å². The first-order valence-corrected chi connectivity index (χ1v) is 9.44. The summed E-state index contributed by atoms with van der Waals surface area (Å²) in [6.07, 6.45) is 0.427. The van der Waals surface area contributed by atoms with Crippen LogP contribution in [0.15, 0.2) is 28.7 Å². The normalized spacial score (nSPS) is 23.6. The van der Waals surface area contributed by atoms with Crippen LogP contribution >= 0.6 is 23.5 Å². The molecule has 0 bridgehead atoms. The zero-order chi connectivity index (χ0) is 15.5. The van der Waals surface area contributed by atoms with Crippen LogP contribution < -0.4 is 0 Å². The van der Waals surface area contributed by atoms with Crippen molar-refractivity contribution in [3.8, 4) is 0 Å². The van der Waals surface area contributed by atoms with E-state index in [9.17, 15) is 4.57 Å². The van der Waals surface area contributed by atoms with Gasteiger partial charge in [-0.2, -0.15) is 5.06 Å². The first kappa shape index (κ1) is 17.1. The Hall–Kier alpha value is -0.230. The molecule has 1 aromatic rings. The third kappa shape index (κ3) is 3.95. The molecule has 1 aliphatic heterocycles. The van der Waals surface area contributed by atoms with Crippen molar-refractivity contribution in [2.75, 3.05) is 20.3 Å². The fourth-order valence-electron chi connectivity index (χ4n) is 2.46. The molecular weight excluding hydrogens is 357 g/mol. The molecule has 2 atom stereocenters. The summed E-state index contributed by atoms with van der Waals surface area (Å²) in [6.45, 7) is 4.33. The van der Waals surface area contributed by atoms with Crippen LogP contribution in [0, 0.1) is 0 Å². The molecule has 0 saturated carbocycles. The monoisotopic (exact) mass is 377 g/mol. The van der Waals surface area contributed by atoms with Gasteiger partial charge >= 0.3 is 7.60 Å². The third-order valence-corrected chi connectivity index (χ3v) is 6.34. The number of halogens is 1. The van der Waals surface area contributed by atoms with Crippen molar-refractivity contribution in [1.82, 2.24) is 5.06 Å². The van der Waals surface area contributed by atoms with Crippen molar-refractivity contribution in [3.63, 3.8) is 0 Å². The lowest BCUT2D eigenvalue weighted by Crippen LogP contribution is -2.25. The van der Waals surface area contributed by atoms with Gasteiger partial charge in [0.1, 0.15) is 11.9 Å². The topological polar surface area (TPSA) is 48.0 Å². The van der Waals surface area contributed by atoms with Crippen LogP contribution in [0.4, 0.5) is 0 Å². The lowest BCUT2D eigenvalue weighted by Gasteiger charge is -2.25. The smallest absolute Gasteiger partial charge is 0.308 e. The van der Waals surface area contributed by atoms with E-state index in [1.807, 2.05) is 38.1 Å². The second-order valence-electron chi connectivity index (χ2n) is 4.79. The Morgan fingerprint density at radius 3 is 2.62 bits per heavy atom. The summed E-state index contributed by atoms with van der Waals surface area (Å²) in [6, 6.07) is 7.93. The van der Waals surface area contributed by atoms with Gasteiger partial charge in [-0.05, 0) is 31.5 Å². The molecule has 7 heteroatoms. The van der Waals surface area contributed by atoms with Gasteiger partial charge in [-0.3, -0.25) is 9.40 Å². The number of nitrogens with zero attached hydrogens (tertiary/aromatic N) is 1. The molecule has 0 amide bonds.